The Morgan fingerprint density at radius 2 is 1.90 bits per heavy atom. The molecule has 0 bridgehead atoms. The molecule has 5 heteroatoms. The van der Waals surface area contributed by atoms with Gasteiger partial charge in [0.05, 0.1) is 5.66 Å². The molecule has 10 heavy (non-hydrogen) atoms. The number of nitrogens with two attached hydrogens (primary N) is 3. The lowest BCUT2D eigenvalue weighted by Gasteiger charge is -2.27. The molecule has 1 unspecified atom stereocenters. The molecule has 0 spiro atoms. The van der Waals surface area contributed by atoms with E-state index < -0.39 is 16.2 Å². The Morgan fingerprint density at radius 3 is 2.00 bits per heavy atom. The average molecular weight is 167 g/mol. The molecule has 64 valence electrons. The molecule has 0 saturated heterocycles. The van der Waals surface area contributed by atoms with Crippen LogP contribution >= 0.6 is 10.5 Å². The molecule has 0 aliphatic heterocycles. The Kier molecular flexibility index (Phi) is 3.12. The summed E-state index contributed by atoms with van der Waals surface area (Å²) in [5, 5.41) is 5.37. The van der Waals surface area contributed by atoms with Crippen LogP contribution in [0.4, 0.5) is 0 Å². The molecule has 0 aromatic carbocycles. The van der Waals surface area contributed by atoms with E-state index in [9.17, 15) is 0 Å². The molecule has 0 fully saturated rings. The van der Waals surface area contributed by atoms with E-state index >= 15 is 0 Å². The van der Waals surface area contributed by atoms with Crippen molar-refractivity contribution in [1.29, 1.82) is 0 Å². The van der Waals surface area contributed by atoms with Gasteiger partial charge in [-0.25, -0.2) is 0 Å². The fourth-order valence-corrected chi connectivity index (χ4v) is 1.28. The van der Waals surface area contributed by atoms with E-state index in [1.807, 2.05) is 0 Å². The molecule has 4 nitrogen and oxygen atoms in total. The molecule has 0 radical (unpaired) electrons. The van der Waals surface area contributed by atoms with E-state index in [4.69, 9.17) is 21.2 Å². The Hall–Kier alpha value is 0.190. The van der Waals surface area contributed by atoms with Gasteiger partial charge in [-0.15, -0.1) is 0 Å². The van der Waals surface area contributed by atoms with Crippen molar-refractivity contribution >= 4 is 10.5 Å². The minimum absolute atomic E-state index is 0.497. The van der Waals surface area contributed by atoms with Crippen molar-refractivity contribution < 1.29 is 4.55 Å². The first kappa shape index (κ1) is 10.2. The molecule has 1 atom stereocenters. The van der Waals surface area contributed by atoms with Crippen LogP contribution in [0.2, 0.25) is 0 Å². The summed E-state index contributed by atoms with van der Waals surface area (Å²) in [6, 6.07) is 0. The predicted octanol–water partition coefficient (Wildman–Crippen LogP) is -0.209. The van der Waals surface area contributed by atoms with E-state index in [1.165, 1.54) is 0 Å². The van der Waals surface area contributed by atoms with Crippen molar-refractivity contribution in [3.05, 3.63) is 0 Å². The maximum Gasteiger partial charge on any atom is 0.0616 e. The van der Waals surface area contributed by atoms with Gasteiger partial charge >= 0.3 is 0 Å². The number of hydrogen-bond donors (Lipinski definition) is 4. The first-order valence-electron chi connectivity index (χ1n) is 3.05. The van der Waals surface area contributed by atoms with E-state index in [0.717, 1.165) is 0 Å². The molecule has 0 aromatic rings. The van der Waals surface area contributed by atoms with Gasteiger partial charge in [-0.2, -0.15) is 0 Å². The third-order valence-corrected chi connectivity index (χ3v) is 2.08. The minimum Gasteiger partial charge on any atom is -0.339 e. The van der Waals surface area contributed by atoms with Crippen LogP contribution < -0.4 is 16.6 Å². The maximum absolute atomic E-state index is 9.13. The Labute approximate surface area is 63.4 Å². The van der Waals surface area contributed by atoms with E-state index in [-0.39, 0.29) is 0 Å². The van der Waals surface area contributed by atoms with Gasteiger partial charge in [-0.1, -0.05) is 10.5 Å². The summed E-state index contributed by atoms with van der Waals surface area (Å²) in [6.07, 6.45) is 2.16. The molecule has 0 aliphatic rings. The highest BCUT2D eigenvalue weighted by Gasteiger charge is 2.15. The Balaban J connectivity index is 3.56. The molecule has 0 heterocycles. The monoisotopic (exact) mass is 167 g/mol. The summed E-state index contributed by atoms with van der Waals surface area (Å²) in [5.41, 5.74) is 10.2. The molecule has 0 aliphatic carbocycles. The van der Waals surface area contributed by atoms with Gasteiger partial charge < -0.3 is 16.0 Å². The van der Waals surface area contributed by atoms with Crippen molar-refractivity contribution in [3.63, 3.8) is 0 Å². The van der Waals surface area contributed by atoms with Crippen molar-refractivity contribution in [1.82, 2.24) is 0 Å². The summed E-state index contributed by atoms with van der Waals surface area (Å²) in [5.74, 6) is 0.497. The van der Waals surface area contributed by atoms with E-state index in [0.29, 0.717) is 12.2 Å². The normalized spacial score (nSPS) is 21.8. The zero-order valence-corrected chi connectivity index (χ0v) is 7.32. The highest BCUT2D eigenvalue weighted by atomic mass is 32.3. The Bertz CT molecular complexity index is 90.4. The van der Waals surface area contributed by atoms with Gasteiger partial charge in [0.15, 0.2) is 0 Å². The van der Waals surface area contributed by atoms with Crippen LogP contribution in [0.25, 0.3) is 0 Å². The second-order valence-corrected chi connectivity index (χ2v) is 5.69. The second kappa shape index (κ2) is 3.06. The summed E-state index contributed by atoms with van der Waals surface area (Å²) in [4.78, 5) is 0. The summed E-state index contributed by atoms with van der Waals surface area (Å²) < 4.78 is 9.13. The molecule has 0 rings (SSSR count). The van der Waals surface area contributed by atoms with E-state index in [2.05, 4.69) is 0 Å². The second-order valence-electron chi connectivity index (χ2n) is 3.07. The first-order valence-corrected chi connectivity index (χ1v) is 5.28. The third-order valence-electron chi connectivity index (χ3n) is 1.05. The summed E-state index contributed by atoms with van der Waals surface area (Å²) in [7, 11) is -1.92. The maximum atomic E-state index is 9.13. The number of hydrogen-bond acceptors (Lipinski definition) is 4. The molecular weight excluding hydrogens is 150 g/mol. The average Bonchev–Trinajstić information content (AvgIpc) is 1.57. The van der Waals surface area contributed by atoms with Gasteiger partial charge in [0.25, 0.3) is 0 Å². The molecule has 7 N–H and O–H groups in total. The van der Waals surface area contributed by atoms with Crippen molar-refractivity contribution in [2.24, 2.45) is 16.6 Å². The van der Waals surface area contributed by atoms with Crippen LogP contribution in [0.3, 0.4) is 0 Å². The lowest BCUT2D eigenvalue weighted by molar-refractivity contribution is 0.471. The standard InChI is InChI=1S/C5H17N3OS/c1-5(6,7)3-4-10(2,8)9/h9H,3-4,6-8H2,1-2H3. The first-order chi connectivity index (χ1) is 4.21. The van der Waals surface area contributed by atoms with Crippen molar-refractivity contribution in [2.75, 3.05) is 12.0 Å². The lowest BCUT2D eigenvalue weighted by atomic mass is 10.2. The van der Waals surface area contributed by atoms with Gasteiger partial charge in [0.1, 0.15) is 0 Å². The molecule has 0 saturated carbocycles. The summed E-state index contributed by atoms with van der Waals surface area (Å²) >= 11 is 0. The van der Waals surface area contributed by atoms with Crippen LogP contribution in [-0.2, 0) is 0 Å². The quantitative estimate of drug-likeness (QED) is 0.437. The van der Waals surface area contributed by atoms with Crippen LogP contribution in [0.5, 0.6) is 0 Å². The van der Waals surface area contributed by atoms with Crippen LogP contribution in [0, 0.1) is 0 Å². The largest absolute Gasteiger partial charge is 0.339 e. The van der Waals surface area contributed by atoms with Crippen LogP contribution in [0.1, 0.15) is 13.3 Å². The molecular formula is C5H17N3OS. The van der Waals surface area contributed by atoms with Crippen LogP contribution in [0.15, 0.2) is 0 Å². The highest BCUT2D eigenvalue weighted by Crippen LogP contribution is 2.30. The molecule has 0 amide bonds. The SMILES string of the molecule is CC(N)(N)CCS(C)(N)O. The highest BCUT2D eigenvalue weighted by molar-refractivity contribution is 8.26. The van der Waals surface area contributed by atoms with Gasteiger partial charge in [0, 0.05) is 5.75 Å². The van der Waals surface area contributed by atoms with Gasteiger partial charge in [-0.3, -0.25) is 5.14 Å². The topological polar surface area (TPSA) is 98.3 Å². The summed E-state index contributed by atoms with van der Waals surface area (Å²) in [6.45, 7) is 1.71. The third kappa shape index (κ3) is 8.19. The lowest BCUT2D eigenvalue weighted by Crippen LogP contribution is -2.47. The van der Waals surface area contributed by atoms with Gasteiger partial charge in [0.2, 0.25) is 0 Å². The van der Waals surface area contributed by atoms with Crippen LogP contribution in [-0.4, -0.2) is 22.2 Å². The van der Waals surface area contributed by atoms with E-state index in [1.54, 1.807) is 13.2 Å². The van der Waals surface area contributed by atoms with Crippen molar-refractivity contribution in [2.45, 2.75) is 19.0 Å². The zero-order valence-electron chi connectivity index (χ0n) is 6.50. The fraction of sp³-hybridized carbons (Fsp3) is 1.00. The van der Waals surface area contributed by atoms with Crippen molar-refractivity contribution in [3.8, 4) is 0 Å². The minimum atomic E-state index is -1.92. The predicted molar refractivity (Wildman–Crippen MR) is 46.6 cm³/mol. The smallest absolute Gasteiger partial charge is 0.0616 e. The number of rotatable bonds is 3. The molecule has 0 aromatic heterocycles. The zero-order chi connectivity index (χ0) is 8.41. The fourth-order valence-electron chi connectivity index (χ4n) is 0.427. The Morgan fingerprint density at radius 1 is 1.50 bits per heavy atom. The van der Waals surface area contributed by atoms with Gasteiger partial charge in [-0.05, 0) is 19.6 Å².